The molecule has 2 aromatic rings. The summed E-state index contributed by atoms with van der Waals surface area (Å²) in [6, 6.07) is 9.34. The molecule has 0 bridgehead atoms. The fourth-order valence-electron chi connectivity index (χ4n) is 2.48. The SMILES string of the molecule is CCNC(=O)c1ccc(CCN(C)c2cc(C#N)ccn2)cc1OC(F)(F)F. The van der Waals surface area contributed by atoms with Crippen molar-refractivity contribution < 1.29 is 22.7 Å². The molecule has 0 unspecified atom stereocenters. The molecule has 0 saturated heterocycles. The molecule has 0 aliphatic rings. The number of likely N-dealkylation sites (N-methyl/N-ethyl adjacent to an activating group) is 1. The fraction of sp³-hybridized carbons (Fsp3) is 0.316. The predicted octanol–water partition coefficient (Wildman–Crippen LogP) is 3.28. The molecule has 28 heavy (non-hydrogen) atoms. The van der Waals surface area contributed by atoms with Crippen LogP contribution in [0.15, 0.2) is 36.5 Å². The van der Waals surface area contributed by atoms with E-state index in [2.05, 4.69) is 15.0 Å². The molecule has 0 saturated carbocycles. The third kappa shape index (κ3) is 5.87. The van der Waals surface area contributed by atoms with Gasteiger partial charge in [0, 0.05) is 26.3 Å². The molecule has 148 valence electrons. The second-order valence-electron chi connectivity index (χ2n) is 5.92. The van der Waals surface area contributed by atoms with Crippen LogP contribution in [-0.4, -0.2) is 37.4 Å². The zero-order chi connectivity index (χ0) is 20.7. The maximum absolute atomic E-state index is 12.7. The number of ether oxygens (including phenoxy) is 1. The number of pyridine rings is 1. The minimum absolute atomic E-state index is 0.181. The lowest BCUT2D eigenvalue weighted by Gasteiger charge is -2.19. The van der Waals surface area contributed by atoms with Gasteiger partial charge in [-0.3, -0.25) is 4.79 Å². The summed E-state index contributed by atoms with van der Waals surface area (Å²) in [6.07, 6.45) is -3.00. The summed E-state index contributed by atoms with van der Waals surface area (Å²) in [5, 5.41) is 11.4. The molecule has 0 fully saturated rings. The van der Waals surface area contributed by atoms with E-state index < -0.39 is 18.0 Å². The van der Waals surface area contributed by atoms with Crippen LogP contribution in [0.2, 0.25) is 0 Å². The molecule has 0 aliphatic carbocycles. The van der Waals surface area contributed by atoms with E-state index in [4.69, 9.17) is 5.26 Å². The van der Waals surface area contributed by atoms with Gasteiger partial charge in [0.1, 0.15) is 11.6 Å². The molecule has 0 atom stereocenters. The molecular formula is C19H19F3N4O2. The zero-order valence-corrected chi connectivity index (χ0v) is 15.4. The number of halogens is 3. The largest absolute Gasteiger partial charge is 0.573 e. The van der Waals surface area contributed by atoms with Crippen molar-refractivity contribution in [3.8, 4) is 11.8 Å². The summed E-state index contributed by atoms with van der Waals surface area (Å²) in [5.74, 6) is -0.601. The number of anilines is 1. The van der Waals surface area contributed by atoms with Gasteiger partial charge in [0.15, 0.2) is 0 Å². The van der Waals surface area contributed by atoms with Crippen LogP contribution in [0.25, 0.3) is 0 Å². The van der Waals surface area contributed by atoms with Crippen molar-refractivity contribution in [1.29, 1.82) is 5.26 Å². The number of nitrogens with zero attached hydrogens (tertiary/aromatic N) is 3. The van der Waals surface area contributed by atoms with E-state index in [1.807, 2.05) is 6.07 Å². The Hall–Kier alpha value is -3.28. The third-order valence-corrected chi connectivity index (χ3v) is 3.86. The Morgan fingerprint density at radius 2 is 2.07 bits per heavy atom. The number of carbonyl (C=O) groups excluding carboxylic acids is 1. The van der Waals surface area contributed by atoms with Crippen molar-refractivity contribution in [2.75, 3.05) is 25.0 Å². The first-order chi connectivity index (χ1) is 13.2. The summed E-state index contributed by atoms with van der Waals surface area (Å²) in [4.78, 5) is 17.9. The molecule has 9 heteroatoms. The number of hydrogen-bond acceptors (Lipinski definition) is 5. The summed E-state index contributed by atoms with van der Waals surface area (Å²) in [6.45, 7) is 2.39. The second-order valence-corrected chi connectivity index (χ2v) is 5.92. The van der Waals surface area contributed by atoms with Gasteiger partial charge in [-0.05, 0) is 43.2 Å². The number of alkyl halides is 3. The van der Waals surface area contributed by atoms with Crippen LogP contribution >= 0.6 is 0 Å². The molecular weight excluding hydrogens is 373 g/mol. The van der Waals surface area contributed by atoms with Gasteiger partial charge in [-0.25, -0.2) is 4.98 Å². The Balaban J connectivity index is 2.17. The Kier molecular flexibility index (Phi) is 6.82. The van der Waals surface area contributed by atoms with Crippen LogP contribution in [0, 0.1) is 11.3 Å². The van der Waals surface area contributed by atoms with Gasteiger partial charge in [-0.15, -0.1) is 13.2 Å². The number of amides is 1. The minimum atomic E-state index is -4.90. The lowest BCUT2D eigenvalue weighted by Crippen LogP contribution is -2.26. The summed E-state index contributed by atoms with van der Waals surface area (Å²) in [7, 11) is 1.76. The lowest BCUT2D eigenvalue weighted by atomic mass is 10.1. The van der Waals surface area contributed by atoms with E-state index in [-0.39, 0.29) is 12.1 Å². The number of hydrogen-bond donors (Lipinski definition) is 1. The van der Waals surface area contributed by atoms with Crippen molar-refractivity contribution in [2.24, 2.45) is 0 Å². The lowest BCUT2D eigenvalue weighted by molar-refractivity contribution is -0.274. The zero-order valence-electron chi connectivity index (χ0n) is 15.4. The first kappa shape index (κ1) is 21.0. The Bertz CT molecular complexity index is 878. The number of benzene rings is 1. The second kappa shape index (κ2) is 9.08. The highest BCUT2D eigenvalue weighted by molar-refractivity contribution is 5.97. The molecule has 1 aromatic carbocycles. The topological polar surface area (TPSA) is 78.3 Å². The number of nitriles is 1. The average Bonchev–Trinajstić information content (AvgIpc) is 2.65. The molecule has 2 rings (SSSR count). The summed E-state index contributed by atoms with van der Waals surface area (Å²) in [5.41, 5.74) is 0.847. The molecule has 0 radical (unpaired) electrons. The number of aromatic nitrogens is 1. The first-order valence-electron chi connectivity index (χ1n) is 8.47. The Morgan fingerprint density at radius 3 is 2.71 bits per heavy atom. The van der Waals surface area contributed by atoms with E-state index in [1.165, 1.54) is 18.3 Å². The van der Waals surface area contributed by atoms with Crippen molar-refractivity contribution in [2.45, 2.75) is 19.7 Å². The number of nitrogens with one attached hydrogen (secondary N) is 1. The molecule has 0 spiro atoms. The van der Waals surface area contributed by atoms with Crippen LogP contribution in [0.4, 0.5) is 19.0 Å². The maximum atomic E-state index is 12.7. The van der Waals surface area contributed by atoms with Crippen LogP contribution < -0.4 is 15.0 Å². The quantitative estimate of drug-likeness (QED) is 0.782. The standard InChI is InChI=1S/C19H19F3N4O2/c1-3-24-18(27)15-5-4-13(10-16(15)28-19(20,21)22)7-9-26(2)17-11-14(12-23)6-8-25-17/h4-6,8,10-11H,3,7,9H2,1-2H3,(H,24,27). The maximum Gasteiger partial charge on any atom is 0.573 e. The first-order valence-corrected chi connectivity index (χ1v) is 8.47. The molecule has 1 N–H and O–H groups in total. The minimum Gasteiger partial charge on any atom is -0.405 e. The molecule has 6 nitrogen and oxygen atoms in total. The van der Waals surface area contributed by atoms with Crippen molar-refractivity contribution in [3.05, 3.63) is 53.2 Å². The molecule has 1 heterocycles. The molecule has 1 aromatic heterocycles. The van der Waals surface area contributed by atoms with E-state index in [9.17, 15) is 18.0 Å². The van der Waals surface area contributed by atoms with E-state index in [1.54, 1.807) is 37.1 Å². The van der Waals surface area contributed by atoms with Gasteiger partial charge < -0.3 is 15.0 Å². The molecule has 0 aliphatic heterocycles. The van der Waals surface area contributed by atoms with Gasteiger partial charge in [0.25, 0.3) is 5.91 Å². The van der Waals surface area contributed by atoms with Gasteiger partial charge in [0.05, 0.1) is 17.2 Å². The van der Waals surface area contributed by atoms with Crippen LogP contribution in [0.5, 0.6) is 5.75 Å². The predicted molar refractivity (Wildman–Crippen MR) is 97.1 cm³/mol. The Labute approximate surface area is 160 Å². The van der Waals surface area contributed by atoms with E-state index >= 15 is 0 Å². The van der Waals surface area contributed by atoms with Crippen LogP contribution in [-0.2, 0) is 6.42 Å². The van der Waals surface area contributed by atoms with Gasteiger partial charge in [0.2, 0.25) is 0 Å². The average molecular weight is 392 g/mol. The molecule has 1 amide bonds. The smallest absolute Gasteiger partial charge is 0.405 e. The van der Waals surface area contributed by atoms with E-state index in [0.717, 1.165) is 0 Å². The monoisotopic (exact) mass is 392 g/mol. The van der Waals surface area contributed by atoms with Gasteiger partial charge in [-0.2, -0.15) is 5.26 Å². The van der Waals surface area contributed by atoms with Crippen LogP contribution in [0.3, 0.4) is 0 Å². The summed E-state index contributed by atoms with van der Waals surface area (Å²) >= 11 is 0. The normalized spacial score (nSPS) is 10.9. The van der Waals surface area contributed by atoms with Crippen molar-refractivity contribution >= 4 is 11.7 Å². The number of rotatable bonds is 7. The van der Waals surface area contributed by atoms with E-state index in [0.29, 0.717) is 29.9 Å². The summed E-state index contributed by atoms with van der Waals surface area (Å²) < 4.78 is 42.2. The third-order valence-electron chi connectivity index (χ3n) is 3.86. The van der Waals surface area contributed by atoms with Crippen molar-refractivity contribution in [1.82, 2.24) is 10.3 Å². The van der Waals surface area contributed by atoms with Crippen LogP contribution in [0.1, 0.15) is 28.4 Å². The fourth-order valence-corrected chi connectivity index (χ4v) is 2.48. The van der Waals surface area contributed by atoms with Gasteiger partial charge in [-0.1, -0.05) is 6.07 Å². The Morgan fingerprint density at radius 1 is 1.32 bits per heavy atom. The van der Waals surface area contributed by atoms with Crippen molar-refractivity contribution in [3.63, 3.8) is 0 Å². The highest BCUT2D eigenvalue weighted by atomic mass is 19.4. The number of carbonyl (C=O) groups is 1. The highest BCUT2D eigenvalue weighted by Crippen LogP contribution is 2.28. The van der Waals surface area contributed by atoms with Gasteiger partial charge >= 0.3 is 6.36 Å². The highest BCUT2D eigenvalue weighted by Gasteiger charge is 2.33.